The number of hydrogen-bond acceptors (Lipinski definition) is 5. The van der Waals surface area contributed by atoms with Crippen LogP contribution in [0.25, 0.3) is 0 Å². The van der Waals surface area contributed by atoms with Gasteiger partial charge in [-0.05, 0) is 31.7 Å². The molecule has 2 heterocycles. The molecule has 6 nitrogen and oxygen atoms in total. The molecule has 6 heteroatoms. The minimum absolute atomic E-state index is 0.166. The maximum Gasteiger partial charge on any atom is 0.270 e. The van der Waals surface area contributed by atoms with Gasteiger partial charge >= 0.3 is 0 Å². The molecule has 0 aromatic carbocycles. The number of carbonyl (C=O) groups excluding carboxylic acids is 1. The molecule has 3 N–H and O–H groups in total. The zero-order valence-corrected chi connectivity index (χ0v) is 11.1. The lowest BCUT2D eigenvalue weighted by atomic mass is 9.94. The molecule has 2 aromatic heterocycles. The van der Waals surface area contributed by atoms with Gasteiger partial charge in [0.25, 0.3) is 5.91 Å². The zero-order valence-electron chi connectivity index (χ0n) is 11.1. The number of aromatic nitrogens is 2. The van der Waals surface area contributed by atoms with E-state index in [9.17, 15) is 4.79 Å². The van der Waals surface area contributed by atoms with Crippen molar-refractivity contribution >= 4 is 11.9 Å². The Morgan fingerprint density at radius 2 is 2.20 bits per heavy atom. The van der Waals surface area contributed by atoms with E-state index in [-0.39, 0.29) is 11.9 Å². The third-order valence-corrected chi connectivity index (χ3v) is 3.45. The predicted octanol–water partition coefficient (Wildman–Crippen LogP) is 1.46. The summed E-state index contributed by atoms with van der Waals surface area (Å²) in [5.41, 5.74) is 8.87. The molecule has 0 saturated heterocycles. The van der Waals surface area contributed by atoms with Gasteiger partial charge in [0, 0.05) is 23.4 Å². The molecule has 0 fully saturated rings. The summed E-state index contributed by atoms with van der Waals surface area (Å²) < 4.78 is 4.97. The highest BCUT2D eigenvalue weighted by Crippen LogP contribution is 2.22. The Balaban J connectivity index is 1.81. The van der Waals surface area contributed by atoms with Gasteiger partial charge in [0.05, 0.1) is 12.5 Å². The molecule has 2 aromatic rings. The fraction of sp³-hybridized carbons (Fsp3) is 0.357. The summed E-state index contributed by atoms with van der Waals surface area (Å²) >= 11 is 0. The largest absolute Gasteiger partial charge is 0.472 e. The van der Waals surface area contributed by atoms with Crippen LogP contribution >= 0.6 is 0 Å². The molecule has 0 aliphatic heterocycles. The van der Waals surface area contributed by atoms with Gasteiger partial charge in [-0.3, -0.25) is 4.79 Å². The van der Waals surface area contributed by atoms with Crippen molar-refractivity contribution in [1.82, 2.24) is 15.3 Å². The number of furan rings is 1. The summed E-state index contributed by atoms with van der Waals surface area (Å²) in [6.45, 7) is 0.411. The lowest BCUT2D eigenvalue weighted by molar-refractivity contribution is 0.0944. The van der Waals surface area contributed by atoms with E-state index in [1.54, 1.807) is 12.5 Å². The molecule has 20 heavy (non-hydrogen) atoms. The van der Waals surface area contributed by atoms with Crippen LogP contribution in [0.1, 0.15) is 40.2 Å². The minimum Gasteiger partial charge on any atom is -0.472 e. The number of hydrogen-bond donors (Lipinski definition) is 2. The molecule has 104 valence electrons. The molecule has 0 atom stereocenters. The lowest BCUT2D eigenvalue weighted by Crippen LogP contribution is -2.27. The molecule has 0 saturated carbocycles. The van der Waals surface area contributed by atoms with Gasteiger partial charge in [0.1, 0.15) is 5.69 Å². The van der Waals surface area contributed by atoms with Gasteiger partial charge in [-0.2, -0.15) is 0 Å². The number of amides is 1. The standard InChI is InChI=1S/C14H16N4O2/c15-14-17-11-4-2-1-3-10(11)12(18-14)13(19)16-7-9-5-6-20-8-9/h5-6,8H,1-4,7H2,(H,16,19)(H2,15,17,18). The lowest BCUT2D eigenvalue weighted by Gasteiger charge is -2.17. The van der Waals surface area contributed by atoms with Gasteiger partial charge in [0.15, 0.2) is 0 Å². The summed E-state index contributed by atoms with van der Waals surface area (Å²) in [4.78, 5) is 20.6. The van der Waals surface area contributed by atoms with Crippen LogP contribution in [0.2, 0.25) is 0 Å². The molecule has 1 aliphatic carbocycles. The van der Waals surface area contributed by atoms with E-state index in [0.29, 0.717) is 12.2 Å². The van der Waals surface area contributed by atoms with Crippen molar-refractivity contribution in [2.24, 2.45) is 0 Å². The van der Waals surface area contributed by atoms with E-state index in [4.69, 9.17) is 10.2 Å². The van der Waals surface area contributed by atoms with Crippen molar-refractivity contribution in [2.45, 2.75) is 32.2 Å². The van der Waals surface area contributed by atoms with Crippen LogP contribution in [0.5, 0.6) is 0 Å². The zero-order chi connectivity index (χ0) is 13.9. The van der Waals surface area contributed by atoms with Gasteiger partial charge in [0.2, 0.25) is 5.95 Å². The first-order valence-corrected chi connectivity index (χ1v) is 6.68. The van der Waals surface area contributed by atoms with E-state index in [1.807, 2.05) is 6.07 Å². The van der Waals surface area contributed by atoms with Gasteiger partial charge in [-0.1, -0.05) is 0 Å². The highest BCUT2D eigenvalue weighted by atomic mass is 16.3. The Morgan fingerprint density at radius 1 is 1.35 bits per heavy atom. The first-order chi connectivity index (χ1) is 9.74. The molecule has 3 rings (SSSR count). The highest BCUT2D eigenvalue weighted by Gasteiger charge is 2.21. The second-order valence-corrected chi connectivity index (χ2v) is 4.88. The van der Waals surface area contributed by atoms with Crippen LogP contribution in [0.4, 0.5) is 5.95 Å². The van der Waals surface area contributed by atoms with Gasteiger partial charge < -0.3 is 15.5 Å². The number of anilines is 1. The third-order valence-electron chi connectivity index (χ3n) is 3.45. The Kier molecular flexibility index (Phi) is 3.37. The van der Waals surface area contributed by atoms with Crippen LogP contribution in [0.3, 0.4) is 0 Å². The number of nitrogens with two attached hydrogens (primary N) is 1. The van der Waals surface area contributed by atoms with Crippen molar-refractivity contribution in [2.75, 3.05) is 5.73 Å². The molecule has 1 aliphatic rings. The normalized spacial score (nSPS) is 13.8. The first kappa shape index (κ1) is 12.7. The quantitative estimate of drug-likeness (QED) is 0.882. The van der Waals surface area contributed by atoms with E-state index in [0.717, 1.165) is 42.5 Å². The monoisotopic (exact) mass is 272 g/mol. The SMILES string of the molecule is Nc1nc2c(c(C(=O)NCc3ccoc3)n1)CCCC2. The van der Waals surface area contributed by atoms with Gasteiger partial charge in [-0.25, -0.2) is 9.97 Å². The molecule has 0 radical (unpaired) electrons. The van der Waals surface area contributed by atoms with Crippen molar-refractivity contribution in [3.8, 4) is 0 Å². The second-order valence-electron chi connectivity index (χ2n) is 4.88. The summed E-state index contributed by atoms with van der Waals surface area (Å²) in [7, 11) is 0. The Morgan fingerprint density at radius 3 is 3.00 bits per heavy atom. The molecular formula is C14H16N4O2. The van der Waals surface area contributed by atoms with Crippen molar-refractivity contribution in [1.29, 1.82) is 0 Å². The average molecular weight is 272 g/mol. The predicted molar refractivity (Wildman–Crippen MR) is 73.0 cm³/mol. The number of aryl methyl sites for hydroxylation is 1. The van der Waals surface area contributed by atoms with Crippen LogP contribution in [-0.2, 0) is 19.4 Å². The molecule has 0 spiro atoms. The first-order valence-electron chi connectivity index (χ1n) is 6.68. The molecule has 0 bridgehead atoms. The highest BCUT2D eigenvalue weighted by molar-refractivity contribution is 5.94. The van der Waals surface area contributed by atoms with Crippen LogP contribution in [-0.4, -0.2) is 15.9 Å². The van der Waals surface area contributed by atoms with Crippen LogP contribution in [0, 0.1) is 0 Å². The topological polar surface area (TPSA) is 94.0 Å². The third kappa shape index (κ3) is 2.49. The Hall–Kier alpha value is -2.37. The summed E-state index contributed by atoms with van der Waals surface area (Å²) in [6.07, 6.45) is 7.02. The second kappa shape index (κ2) is 5.32. The Bertz CT molecular complexity index is 622. The van der Waals surface area contributed by atoms with E-state index < -0.39 is 0 Å². The fourth-order valence-corrected chi connectivity index (χ4v) is 2.46. The summed E-state index contributed by atoms with van der Waals surface area (Å²) in [6, 6.07) is 1.81. The summed E-state index contributed by atoms with van der Waals surface area (Å²) in [5.74, 6) is -0.0439. The van der Waals surface area contributed by atoms with Crippen LogP contribution < -0.4 is 11.1 Å². The number of fused-ring (bicyclic) bond motifs is 1. The maximum atomic E-state index is 12.3. The number of carbonyl (C=O) groups is 1. The fourth-order valence-electron chi connectivity index (χ4n) is 2.46. The van der Waals surface area contributed by atoms with Gasteiger partial charge in [-0.15, -0.1) is 0 Å². The number of nitrogen functional groups attached to an aromatic ring is 1. The molecule has 1 amide bonds. The van der Waals surface area contributed by atoms with Crippen LogP contribution in [0.15, 0.2) is 23.0 Å². The number of rotatable bonds is 3. The number of nitrogens with one attached hydrogen (secondary N) is 1. The average Bonchev–Trinajstić information content (AvgIpc) is 2.97. The Labute approximate surface area is 116 Å². The van der Waals surface area contributed by atoms with Crippen molar-refractivity contribution in [3.63, 3.8) is 0 Å². The molecular weight excluding hydrogens is 256 g/mol. The van der Waals surface area contributed by atoms with Crippen molar-refractivity contribution < 1.29 is 9.21 Å². The minimum atomic E-state index is -0.210. The van der Waals surface area contributed by atoms with Crippen molar-refractivity contribution in [3.05, 3.63) is 41.1 Å². The van der Waals surface area contributed by atoms with E-state index in [2.05, 4.69) is 15.3 Å². The van der Waals surface area contributed by atoms with E-state index >= 15 is 0 Å². The molecule has 0 unspecified atom stereocenters. The smallest absolute Gasteiger partial charge is 0.270 e. The number of nitrogens with zero attached hydrogens (tertiary/aromatic N) is 2. The van der Waals surface area contributed by atoms with E-state index in [1.165, 1.54) is 0 Å². The summed E-state index contributed by atoms with van der Waals surface area (Å²) in [5, 5.41) is 2.83. The maximum absolute atomic E-state index is 12.3.